The summed E-state index contributed by atoms with van der Waals surface area (Å²) in [5.74, 6) is -0.271. The van der Waals surface area contributed by atoms with Crippen LogP contribution in [0.15, 0.2) is 11.3 Å². The summed E-state index contributed by atoms with van der Waals surface area (Å²) in [5.41, 5.74) is 0.716. The number of ether oxygens (including phenoxy) is 1. The maximum Gasteiger partial charge on any atom is 0.151 e. The molecule has 1 aliphatic rings. The Morgan fingerprint density at radius 3 is 2.26 bits per heavy atom. The first kappa shape index (κ1) is 16.1. The van der Waals surface area contributed by atoms with Gasteiger partial charge in [-0.25, -0.2) is 0 Å². The topological polar surface area (TPSA) is 107 Å². The molecule has 0 aromatic rings. The van der Waals surface area contributed by atoms with E-state index in [1.807, 2.05) is 0 Å². The average molecular weight is 274 g/mol. The Labute approximate surface area is 112 Å². The van der Waals surface area contributed by atoms with Gasteiger partial charge in [-0.3, -0.25) is 0 Å². The number of rotatable bonds is 6. The lowest BCUT2D eigenvalue weighted by molar-refractivity contribution is -0.139. The van der Waals surface area contributed by atoms with Gasteiger partial charge in [0, 0.05) is 7.11 Å². The quantitative estimate of drug-likeness (QED) is 0.403. The summed E-state index contributed by atoms with van der Waals surface area (Å²) < 4.78 is 4.80. The van der Waals surface area contributed by atoms with Gasteiger partial charge in [-0.1, -0.05) is 6.42 Å². The number of aldehydes is 1. The van der Waals surface area contributed by atoms with E-state index in [1.54, 1.807) is 0 Å². The van der Waals surface area contributed by atoms with Gasteiger partial charge < -0.3 is 30.0 Å². The number of hydrogen-bond acceptors (Lipinski definition) is 6. The summed E-state index contributed by atoms with van der Waals surface area (Å²) >= 11 is 0. The van der Waals surface area contributed by atoms with Crippen LogP contribution in [0.5, 0.6) is 0 Å². The van der Waals surface area contributed by atoms with Crippen molar-refractivity contribution in [3.8, 4) is 0 Å². The lowest BCUT2D eigenvalue weighted by Crippen LogP contribution is -2.47. The van der Waals surface area contributed by atoms with E-state index in [2.05, 4.69) is 0 Å². The molecule has 0 aliphatic heterocycles. The number of aliphatic hydroxyl groups is 4. The maximum atomic E-state index is 10.5. The first-order valence-corrected chi connectivity index (χ1v) is 6.46. The van der Waals surface area contributed by atoms with E-state index in [-0.39, 0.29) is 12.0 Å². The van der Waals surface area contributed by atoms with Crippen molar-refractivity contribution in [1.82, 2.24) is 0 Å². The van der Waals surface area contributed by atoms with Crippen LogP contribution in [0.2, 0.25) is 0 Å². The van der Waals surface area contributed by atoms with Crippen LogP contribution in [0.1, 0.15) is 32.1 Å². The molecule has 0 radical (unpaired) electrons. The van der Waals surface area contributed by atoms with Crippen LogP contribution in [0.3, 0.4) is 0 Å². The molecule has 6 heteroatoms. The molecular formula is C13H22O6. The standard InChI is InChI=1S/C13H22O6/c1-19-13(9(15)7-14)12(18)11(17)10(16)8-5-3-2-4-6-8/h7,9,11-13,15-18H,2-6H2,1H3/t9-,11+,12+,13+/m0/s1. The van der Waals surface area contributed by atoms with Crippen molar-refractivity contribution in [2.24, 2.45) is 0 Å². The predicted molar refractivity (Wildman–Crippen MR) is 67.6 cm³/mol. The molecule has 4 N–H and O–H groups in total. The monoisotopic (exact) mass is 274 g/mol. The Hall–Kier alpha value is -0.950. The summed E-state index contributed by atoms with van der Waals surface area (Å²) in [5, 5.41) is 39.1. The highest BCUT2D eigenvalue weighted by Gasteiger charge is 2.35. The van der Waals surface area contributed by atoms with E-state index in [9.17, 15) is 25.2 Å². The highest BCUT2D eigenvalue weighted by Crippen LogP contribution is 2.27. The third-order valence-electron chi connectivity index (χ3n) is 3.51. The molecule has 110 valence electrons. The number of hydrogen-bond donors (Lipinski definition) is 4. The van der Waals surface area contributed by atoms with Gasteiger partial charge in [-0.05, 0) is 31.3 Å². The fourth-order valence-corrected chi connectivity index (χ4v) is 2.34. The second-order valence-corrected chi connectivity index (χ2v) is 4.81. The summed E-state index contributed by atoms with van der Waals surface area (Å²) in [4.78, 5) is 10.5. The molecule has 0 unspecified atom stereocenters. The molecule has 0 aromatic heterocycles. The zero-order valence-electron chi connectivity index (χ0n) is 11.0. The van der Waals surface area contributed by atoms with Crippen molar-refractivity contribution < 1.29 is 30.0 Å². The molecule has 1 fully saturated rings. The van der Waals surface area contributed by atoms with Crippen molar-refractivity contribution in [3.05, 3.63) is 11.3 Å². The van der Waals surface area contributed by atoms with Gasteiger partial charge in [0.2, 0.25) is 0 Å². The molecular weight excluding hydrogens is 252 g/mol. The number of allylic oxidation sites excluding steroid dienone is 1. The predicted octanol–water partition coefficient (Wildman–Crippen LogP) is 0.0592. The molecule has 0 bridgehead atoms. The largest absolute Gasteiger partial charge is 0.509 e. The number of carbonyl (C=O) groups is 1. The maximum absolute atomic E-state index is 10.5. The second-order valence-electron chi connectivity index (χ2n) is 4.81. The first-order valence-electron chi connectivity index (χ1n) is 6.46. The third-order valence-corrected chi connectivity index (χ3v) is 3.51. The molecule has 1 saturated carbocycles. The van der Waals surface area contributed by atoms with Gasteiger partial charge in [0.15, 0.2) is 6.29 Å². The lowest BCUT2D eigenvalue weighted by atomic mass is 9.91. The second kappa shape index (κ2) is 7.59. The van der Waals surface area contributed by atoms with Crippen LogP contribution < -0.4 is 0 Å². The minimum Gasteiger partial charge on any atom is -0.509 e. The van der Waals surface area contributed by atoms with Crippen molar-refractivity contribution in [2.45, 2.75) is 56.5 Å². The fourth-order valence-electron chi connectivity index (χ4n) is 2.34. The van der Waals surface area contributed by atoms with Gasteiger partial charge in [0.1, 0.15) is 30.2 Å². The Kier molecular flexibility index (Phi) is 6.44. The molecule has 0 heterocycles. The highest BCUT2D eigenvalue weighted by atomic mass is 16.5. The summed E-state index contributed by atoms with van der Waals surface area (Å²) in [6.45, 7) is 0. The minimum atomic E-state index is -1.57. The molecule has 1 aliphatic carbocycles. The summed E-state index contributed by atoms with van der Waals surface area (Å²) in [7, 11) is 1.21. The van der Waals surface area contributed by atoms with E-state index in [0.717, 1.165) is 19.3 Å². The van der Waals surface area contributed by atoms with Crippen molar-refractivity contribution in [1.29, 1.82) is 0 Å². The Morgan fingerprint density at radius 2 is 1.79 bits per heavy atom. The minimum absolute atomic E-state index is 0.217. The number of aliphatic hydroxyl groups excluding tert-OH is 4. The van der Waals surface area contributed by atoms with Crippen LogP contribution in [0.4, 0.5) is 0 Å². The zero-order chi connectivity index (χ0) is 14.4. The van der Waals surface area contributed by atoms with E-state index in [0.29, 0.717) is 18.4 Å². The Morgan fingerprint density at radius 1 is 1.21 bits per heavy atom. The van der Waals surface area contributed by atoms with Crippen LogP contribution in [0.25, 0.3) is 0 Å². The van der Waals surface area contributed by atoms with E-state index < -0.39 is 24.4 Å². The van der Waals surface area contributed by atoms with Crippen molar-refractivity contribution in [3.63, 3.8) is 0 Å². The molecule has 0 saturated heterocycles. The molecule has 19 heavy (non-hydrogen) atoms. The van der Waals surface area contributed by atoms with Crippen molar-refractivity contribution >= 4 is 6.29 Å². The normalized spacial score (nSPS) is 22.4. The Bertz CT molecular complexity index is 319. The van der Waals surface area contributed by atoms with E-state index >= 15 is 0 Å². The van der Waals surface area contributed by atoms with Crippen molar-refractivity contribution in [2.75, 3.05) is 7.11 Å². The number of carbonyl (C=O) groups excluding carboxylic acids is 1. The molecule has 4 atom stereocenters. The highest BCUT2D eigenvalue weighted by molar-refractivity contribution is 5.56. The molecule has 1 rings (SSSR count). The third kappa shape index (κ3) is 4.01. The first-order chi connectivity index (χ1) is 9.02. The van der Waals surface area contributed by atoms with E-state index in [1.165, 1.54) is 7.11 Å². The van der Waals surface area contributed by atoms with Gasteiger partial charge in [-0.2, -0.15) is 0 Å². The van der Waals surface area contributed by atoms with Gasteiger partial charge in [0.05, 0.1) is 0 Å². The van der Waals surface area contributed by atoms with Crippen LogP contribution in [0, 0.1) is 0 Å². The fraction of sp³-hybridized carbons (Fsp3) is 0.769. The summed E-state index contributed by atoms with van der Waals surface area (Å²) in [6, 6.07) is 0. The SMILES string of the molecule is CO[C@@H]([C@H](O)[C@H](O)C(O)=C1CCCCC1)[C@@H](O)C=O. The van der Waals surface area contributed by atoms with Crippen LogP contribution in [-0.2, 0) is 9.53 Å². The van der Waals surface area contributed by atoms with Gasteiger partial charge in [0.25, 0.3) is 0 Å². The molecule has 0 amide bonds. The lowest BCUT2D eigenvalue weighted by Gasteiger charge is -2.28. The molecule has 6 nitrogen and oxygen atoms in total. The number of methoxy groups -OCH3 is 1. The van der Waals surface area contributed by atoms with Crippen LogP contribution >= 0.6 is 0 Å². The molecule has 0 aromatic carbocycles. The zero-order valence-corrected chi connectivity index (χ0v) is 11.0. The Balaban J connectivity index is 2.79. The van der Waals surface area contributed by atoms with Gasteiger partial charge >= 0.3 is 0 Å². The van der Waals surface area contributed by atoms with Gasteiger partial charge in [-0.15, -0.1) is 0 Å². The van der Waals surface area contributed by atoms with Crippen LogP contribution in [-0.4, -0.2) is 58.2 Å². The average Bonchev–Trinajstić information content (AvgIpc) is 2.46. The van der Waals surface area contributed by atoms with E-state index in [4.69, 9.17) is 4.74 Å². The molecule has 0 spiro atoms. The smallest absolute Gasteiger partial charge is 0.151 e. The summed E-state index contributed by atoms with van der Waals surface area (Å²) in [6.07, 6.45) is -1.42.